The number of aryl methyl sites for hydroxylation is 2. The lowest BCUT2D eigenvalue weighted by molar-refractivity contribution is -0.126. The van der Waals surface area contributed by atoms with Crippen LogP contribution in [0.1, 0.15) is 21.9 Å². The Bertz CT molecular complexity index is 1100. The van der Waals surface area contributed by atoms with Crippen LogP contribution >= 0.6 is 15.9 Å². The number of aromatic nitrogens is 4. The average Bonchev–Trinajstić information content (AvgIpc) is 3.12. The van der Waals surface area contributed by atoms with Gasteiger partial charge in [-0.3, -0.25) is 9.59 Å². The molecule has 0 aliphatic heterocycles. The van der Waals surface area contributed by atoms with Gasteiger partial charge in [-0.25, -0.2) is 14.3 Å². The second-order valence-electron chi connectivity index (χ2n) is 6.09. The van der Waals surface area contributed by atoms with Crippen LogP contribution in [0.25, 0.3) is 5.78 Å². The molecular formula is C18H17BrN6O4. The highest BCUT2D eigenvalue weighted by atomic mass is 79.9. The number of carbonyl (C=O) groups excluding carboxylic acids is 3. The topological polar surface area (TPSA) is 128 Å². The van der Waals surface area contributed by atoms with Crippen molar-refractivity contribution in [3.05, 3.63) is 52.0 Å². The Morgan fingerprint density at radius 2 is 1.97 bits per heavy atom. The SMILES string of the molecule is Cc1cc(Br)ccc1NC(=O)CNC(=O)COC(=O)c1nc2nccc(C)n2n1. The number of rotatable bonds is 6. The van der Waals surface area contributed by atoms with E-state index in [-0.39, 0.29) is 18.1 Å². The highest BCUT2D eigenvalue weighted by Crippen LogP contribution is 2.19. The summed E-state index contributed by atoms with van der Waals surface area (Å²) in [6.45, 7) is 2.81. The molecule has 10 nitrogen and oxygen atoms in total. The van der Waals surface area contributed by atoms with Crippen molar-refractivity contribution in [2.24, 2.45) is 0 Å². The second-order valence-corrected chi connectivity index (χ2v) is 7.01. The molecule has 1 aromatic carbocycles. The number of hydrogen-bond donors (Lipinski definition) is 2. The van der Waals surface area contributed by atoms with Crippen molar-refractivity contribution in [3.8, 4) is 0 Å². The molecule has 3 aromatic rings. The molecule has 2 heterocycles. The first-order valence-electron chi connectivity index (χ1n) is 8.51. The Morgan fingerprint density at radius 3 is 2.69 bits per heavy atom. The zero-order chi connectivity index (χ0) is 21.0. The number of fused-ring (bicyclic) bond motifs is 1. The number of carbonyl (C=O) groups is 3. The standard InChI is InChI=1S/C18H17BrN6O4/c1-10-7-12(19)3-4-13(10)22-14(26)8-21-15(27)9-29-17(28)16-23-18-20-6-5-11(2)25(18)24-16/h3-7H,8-9H2,1-2H3,(H,21,27)(H,22,26). The summed E-state index contributed by atoms with van der Waals surface area (Å²) >= 11 is 3.35. The zero-order valence-corrected chi connectivity index (χ0v) is 17.2. The van der Waals surface area contributed by atoms with Gasteiger partial charge in [-0.05, 0) is 43.7 Å². The molecule has 0 saturated carbocycles. The molecule has 0 aliphatic carbocycles. The van der Waals surface area contributed by atoms with Crippen LogP contribution in [0.15, 0.2) is 34.9 Å². The van der Waals surface area contributed by atoms with E-state index in [4.69, 9.17) is 4.74 Å². The number of halogens is 1. The van der Waals surface area contributed by atoms with Crippen molar-refractivity contribution in [3.63, 3.8) is 0 Å². The van der Waals surface area contributed by atoms with Gasteiger partial charge in [0.25, 0.3) is 17.5 Å². The van der Waals surface area contributed by atoms with Gasteiger partial charge >= 0.3 is 5.97 Å². The number of ether oxygens (including phenoxy) is 1. The molecule has 2 amide bonds. The maximum Gasteiger partial charge on any atom is 0.378 e. The van der Waals surface area contributed by atoms with Gasteiger partial charge in [-0.2, -0.15) is 4.98 Å². The molecule has 0 unspecified atom stereocenters. The minimum atomic E-state index is -0.861. The van der Waals surface area contributed by atoms with Gasteiger partial charge in [0, 0.05) is 22.1 Å². The lowest BCUT2D eigenvalue weighted by atomic mass is 10.2. The number of nitrogens with one attached hydrogen (secondary N) is 2. The van der Waals surface area contributed by atoms with Crippen molar-refractivity contribution < 1.29 is 19.1 Å². The van der Waals surface area contributed by atoms with Crippen molar-refractivity contribution >= 4 is 45.2 Å². The second kappa shape index (κ2) is 8.78. The van der Waals surface area contributed by atoms with Crippen LogP contribution in [0.2, 0.25) is 0 Å². The Labute approximate surface area is 173 Å². The summed E-state index contributed by atoms with van der Waals surface area (Å²) in [6, 6.07) is 7.12. The van der Waals surface area contributed by atoms with E-state index >= 15 is 0 Å². The fourth-order valence-corrected chi connectivity index (χ4v) is 2.86. The molecule has 0 spiro atoms. The molecular weight excluding hydrogens is 444 g/mol. The van der Waals surface area contributed by atoms with Crippen LogP contribution in [-0.4, -0.2) is 50.5 Å². The number of hydrogen-bond acceptors (Lipinski definition) is 7. The summed E-state index contributed by atoms with van der Waals surface area (Å²) in [5, 5.41) is 9.07. The van der Waals surface area contributed by atoms with Gasteiger partial charge in [0.2, 0.25) is 5.91 Å². The first-order chi connectivity index (χ1) is 13.8. The predicted octanol–water partition coefficient (Wildman–Crippen LogP) is 1.42. The molecule has 0 radical (unpaired) electrons. The molecule has 0 fully saturated rings. The van der Waals surface area contributed by atoms with Crippen molar-refractivity contribution in [2.45, 2.75) is 13.8 Å². The van der Waals surface area contributed by atoms with Crippen LogP contribution in [0, 0.1) is 13.8 Å². The van der Waals surface area contributed by atoms with Crippen LogP contribution < -0.4 is 10.6 Å². The zero-order valence-electron chi connectivity index (χ0n) is 15.6. The average molecular weight is 461 g/mol. The fraction of sp³-hybridized carbons (Fsp3) is 0.222. The molecule has 150 valence electrons. The van der Waals surface area contributed by atoms with E-state index in [1.165, 1.54) is 4.52 Å². The molecule has 3 rings (SSSR count). The van der Waals surface area contributed by atoms with E-state index in [2.05, 4.69) is 41.6 Å². The molecule has 11 heteroatoms. The van der Waals surface area contributed by atoms with E-state index in [0.29, 0.717) is 5.69 Å². The maximum absolute atomic E-state index is 12.0. The van der Waals surface area contributed by atoms with Crippen LogP contribution in [0.5, 0.6) is 0 Å². The normalized spacial score (nSPS) is 10.6. The molecule has 0 aliphatic rings. The highest BCUT2D eigenvalue weighted by Gasteiger charge is 2.17. The van der Waals surface area contributed by atoms with Gasteiger partial charge in [0.1, 0.15) is 0 Å². The minimum Gasteiger partial charge on any atom is -0.450 e. The van der Waals surface area contributed by atoms with Gasteiger partial charge in [0.05, 0.1) is 6.54 Å². The van der Waals surface area contributed by atoms with E-state index in [1.54, 1.807) is 31.3 Å². The van der Waals surface area contributed by atoms with E-state index < -0.39 is 24.4 Å². The first-order valence-corrected chi connectivity index (χ1v) is 9.31. The van der Waals surface area contributed by atoms with Crippen molar-refractivity contribution in [2.75, 3.05) is 18.5 Å². The molecule has 2 N–H and O–H groups in total. The van der Waals surface area contributed by atoms with Crippen molar-refractivity contribution in [1.82, 2.24) is 24.9 Å². The van der Waals surface area contributed by atoms with Gasteiger partial charge in [0.15, 0.2) is 6.61 Å². The number of nitrogens with zero attached hydrogens (tertiary/aromatic N) is 4. The minimum absolute atomic E-state index is 0.206. The lowest BCUT2D eigenvalue weighted by Crippen LogP contribution is -2.35. The van der Waals surface area contributed by atoms with E-state index in [0.717, 1.165) is 15.7 Å². The summed E-state index contributed by atoms with van der Waals surface area (Å²) in [7, 11) is 0. The number of esters is 1. The quantitative estimate of drug-likeness (QED) is 0.532. The first kappa shape index (κ1) is 20.4. The Kier molecular flexibility index (Phi) is 6.17. The molecule has 0 saturated heterocycles. The number of amides is 2. The summed E-state index contributed by atoms with van der Waals surface area (Å²) in [5.74, 6) is -1.85. The summed E-state index contributed by atoms with van der Waals surface area (Å²) in [5.41, 5.74) is 2.25. The highest BCUT2D eigenvalue weighted by molar-refractivity contribution is 9.10. The molecule has 0 bridgehead atoms. The third-order valence-corrected chi connectivity index (χ3v) is 4.35. The maximum atomic E-state index is 12.0. The van der Waals surface area contributed by atoms with Crippen molar-refractivity contribution in [1.29, 1.82) is 0 Å². The monoisotopic (exact) mass is 460 g/mol. The van der Waals surface area contributed by atoms with Gasteiger partial charge < -0.3 is 15.4 Å². The van der Waals surface area contributed by atoms with Crippen LogP contribution in [-0.2, 0) is 14.3 Å². The summed E-state index contributed by atoms with van der Waals surface area (Å²) in [6.07, 6.45) is 1.54. The Balaban J connectivity index is 1.47. The van der Waals surface area contributed by atoms with E-state index in [1.807, 2.05) is 13.0 Å². The number of anilines is 1. The molecule has 0 atom stereocenters. The lowest BCUT2D eigenvalue weighted by Gasteiger charge is -2.09. The third kappa shape index (κ3) is 5.13. The van der Waals surface area contributed by atoms with Gasteiger partial charge in [-0.1, -0.05) is 15.9 Å². The molecule has 2 aromatic heterocycles. The van der Waals surface area contributed by atoms with Crippen LogP contribution in [0.3, 0.4) is 0 Å². The van der Waals surface area contributed by atoms with Crippen LogP contribution in [0.4, 0.5) is 5.69 Å². The Morgan fingerprint density at radius 1 is 1.17 bits per heavy atom. The number of benzene rings is 1. The fourth-order valence-electron chi connectivity index (χ4n) is 2.38. The predicted molar refractivity (Wildman–Crippen MR) is 106 cm³/mol. The molecule has 29 heavy (non-hydrogen) atoms. The largest absolute Gasteiger partial charge is 0.450 e. The third-order valence-electron chi connectivity index (χ3n) is 3.86. The summed E-state index contributed by atoms with van der Waals surface area (Å²) in [4.78, 5) is 43.8. The van der Waals surface area contributed by atoms with E-state index in [9.17, 15) is 14.4 Å². The summed E-state index contributed by atoms with van der Waals surface area (Å²) < 4.78 is 7.18. The smallest absolute Gasteiger partial charge is 0.378 e. The Hall–Kier alpha value is -3.34. The van der Waals surface area contributed by atoms with Gasteiger partial charge in [-0.15, -0.1) is 5.10 Å².